The predicted molar refractivity (Wildman–Crippen MR) is 152 cm³/mol. The molecular weight excluding hydrogens is 520 g/mol. The number of sulfonamides is 1. The summed E-state index contributed by atoms with van der Waals surface area (Å²) in [5.74, 6) is -0.498. The number of hydrogen-bond donors (Lipinski definition) is 1. The number of ether oxygens (including phenoxy) is 1. The second kappa shape index (κ2) is 11.4. The van der Waals surface area contributed by atoms with Crippen LogP contribution in [0.3, 0.4) is 0 Å². The monoisotopic (exact) mass is 550 g/mol. The second-order valence-corrected chi connectivity index (χ2v) is 12.4. The molecule has 38 heavy (non-hydrogen) atoms. The van der Waals surface area contributed by atoms with Gasteiger partial charge in [-0.15, -0.1) is 11.3 Å². The molecule has 0 unspecified atom stereocenters. The number of anilines is 1. The molecule has 4 aromatic rings. The number of thiazole rings is 1. The van der Waals surface area contributed by atoms with Crippen molar-refractivity contribution in [1.82, 2.24) is 4.98 Å². The van der Waals surface area contributed by atoms with E-state index in [1.807, 2.05) is 75.4 Å². The zero-order chi connectivity index (χ0) is 27.4. The molecule has 9 heteroatoms. The number of fused-ring (bicyclic) bond motifs is 1. The quantitative estimate of drug-likeness (QED) is 0.228. The molecule has 3 aromatic carbocycles. The molecule has 0 amide bonds. The molecule has 0 radical (unpaired) electrons. The van der Waals surface area contributed by atoms with Crippen molar-refractivity contribution in [2.45, 2.75) is 38.6 Å². The number of aryl methyl sites for hydroxylation is 2. The summed E-state index contributed by atoms with van der Waals surface area (Å²) in [6, 6.07) is 17.1. The lowest BCUT2D eigenvalue weighted by Gasteiger charge is -2.27. The Hall–Kier alpha value is -3.69. The zero-order valence-electron chi connectivity index (χ0n) is 21.7. The van der Waals surface area contributed by atoms with Gasteiger partial charge in [-0.3, -0.25) is 4.31 Å². The van der Waals surface area contributed by atoms with E-state index in [0.29, 0.717) is 17.1 Å². The fourth-order valence-electron chi connectivity index (χ4n) is 4.03. The summed E-state index contributed by atoms with van der Waals surface area (Å²) >= 11 is 1.11. The third-order valence-corrected chi connectivity index (χ3v) is 9.03. The molecule has 1 heterocycles. The van der Waals surface area contributed by atoms with Crippen LogP contribution in [0.1, 0.15) is 36.2 Å². The topological polar surface area (TPSA) is 96.8 Å². The third kappa shape index (κ3) is 6.23. The van der Waals surface area contributed by atoms with E-state index in [1.54, 1.807) is 12.3 Å². The molecule has 0 saturated carbocycles. The summed E-state index contributed by atoms with van der Waals surface area (Å²) < 4.78 is 35.4. The van der Waals surface area contributed by atoms with Crippen LogP contribution in [-0.2, 0) is 21.4 Å². The molecule has 0 atom stereocenters. The van der Waals surface area contributed by atoms with E-state index in [0.717, 1.165) is 44.9 Å². The molecule has 1 aromatic heterocycles. The van der Waals surface area contributed by atoms with Crippen LogP contribution in [0.15, 0.2) is 70.4 Å². The lowest BCUT2D eigenvalue weighted by Crippen LogP contribution is -2.34. The van der Waals surface area contributed by atoms with Crippen LogP contribution in [0.25, 0.3) is 16.8 Å². The second-order valence-electron chi connectivity index (χ2n) is 9.50. The average molecular weight is 551 g/mol. The maximum Gasteiger partial charge on any atom is 0.328 e. The van der Waals surface area contributed by atoms with Gasteiger partial charge in [0.1, 0.15) is 12.4 Å². The number of rotatable bonds is 10. The smallest absolute Gasteiger partial charge is 0.328 e. The lowest BCUT2D eigenvalue weighted by molar-refractivity contribution is -0.131. The fraction of sp³-hybridized carbons (Fsp3) is 0.241. The molecule has 0 spiro atoms. The highest BCUT2D eigenvalue weighted by molar-refractivity contribution is 7.94. The normalized spacial score (nSPS) is 11.9. The molecule has 0 fully saturated rings. The number of aromatic nitrogens is 1. The number of aliphatic carboxylic acids is 1. The van der Waals surface area contributed by atoms with Crippen LogP contribution in [0.4, 0.5) is 5.69 Å². The highest BCUT2D eigenvalue weighted by Crippen LogP contribution is 2.38. The van der Waals surface area contributed by atoms with Crippen LogP contribution in [-0.4, -0.2) is 31.0 Å². The number of carbonyl (C=O) groups is 1. The molecule has 0 saturated heterocycles. The van der Waals surface area contributed by atoms with Gasteiger partial charge in [0.25, 0.3) is 10.0 Å². The lowest BCUT2D eigenvalue weighted by atomic mass is 10.1. The number of hydrogen-bond acceptors (Lipinski definition) is 6. The molecule has 4 rings (SSSR count). The minimum Gasteiger partial charge on any atom is -0.487 e. The SMILES string of the molecule is Cc1csc(S(=O)(=O)N(CC(C)C)c2cc3ccccc3cc2OCc2ccc(/C=C/C(=O)O)cc2C)n1. The summed E-state index contributed by atoms with van der Waals surface area (Å²) in [7, 11) is -3.92. The van der Waals surface area contributed by atoms with E-state index in [-0.39, 0.29) is 23.4 Å². The van der Waals surface area contributed by atoms with Gasteiger partial charge in [0.2, 0.25) is 4.34 Å². The first kappa shape index (κ1) is 27.3. The molecular formula is C29H30N2O5S2. The Morgan fingerprint density at radius 2 is 1.82 bits per heavy atom. The fourth-order valence-corrected chi connectivity index (χ4v) is 6.79. The Bertz CT molecular complexity index is 1610. The van der Waals surface area contributed by atoms with Crippen molar-refractivity contribution in [3.8, 4) is 5.75 Å². The Morgan fingerprint density at radius 1 is 1.11 bits per heavy atom. The van der Waals surface area contributed by atoms with Gasteiger partial charge in [0.15, 0.2) is 0 Å². The van der Waals surface area contributed by atoms with Gasteiger partial charge in [-0.25, -0.2) is 9.78 Å². The van der Waals surface area contributed by atoms with E-state index in [2.05, 4.69) is 4.98 Å². The minimum absolute atomic E-state index is 0.0515. The van der Waals surface area contributed by atoms with Gasteiger partial charge in [-0.1, -0.05) is 56.3 Å². The van der Waals surface area contributed by atoms with Crippen LogP contribution < -0.4 is 9.04 Å². The Morgan fingerprint density at radius 3 is 2.42 bits per heavy atom. The maximum atomic E-state index is 13.8. The first-order chi connectivity index (χ1) is 18.0. The van der Waals surface area contributed by atoms with Crippen LogP contribution in [0.2, 0.25) is 0 Å². The van der Waals surface area contributed by atoms with Gasteiger partial charge in [0.05, 0.1) is 5.69 Å². The summed E-state index contributed by atoms with van der Waals surface area (Å²) in [6.07, 6.45) is 2.64. The van der Waals surface area contributed by atoms with Crippen molar-refractivity contribution in [2.24, 2.45) is 5.92 Å². The van der Waals surface area contributed by atoms with Crippen LogP contribution >= 0.6 is 11.3 Å². The van der Waals surface area contributed by atoms with Crippen molar-refractivity contribution < 1.29 is 23.1 Å². The summed E-state index contributed by atoms with van der Waals surface area (Å²) in [4.78, 5) is 15.1. The Kier molecular flexibility index (Phi) is 8.18. The third-order valence-electron chi connectivity index (χ3n) is 5.90. The highest BCUT2D eigenvalue weighted by atomic mass is 32.2. The highest BCUT2D eigenvalue weighted by Gasteiger charge is 2.31. The summed E-state index contributed by atoms with van der Waals surface area (Å²) in [6.45, 7) is 8.13. The summed E-state index contributed by atoms with van der Waals surface area (Å²) in [5.41, 5.74) is 3.73. The molecule has 0 aliphatic rings. The molecule has 0 aliphatic heterocycles. The van der Waals surface area contributed by atoms with Crippen LogP contribution in [0, 0.1) is 19.8 Å². The Labute approximate surface area is 227 Å². The van der Waals surface area contributed by atoms with Crippen molar-refractivity contribution >= 4 is 49.9 Å². The van der Waals surface area contributed by atoms with E-state index < -0.39 is 16.0 Å². The van der Waals surface area contributed by atoms with E-state index >= 15 is 0 Å². The standard InChI is InChI=1S/C29H30N2O5S2/c1-19(2)16-31(38(34,35)29-30-21(4)18-37-29)26-14-23-7-5-6-8-24(23)15-27(26)36-17-25-11-9-22(13-20(25)3)10-12-28(32)33/h5-15,18-19H,16-17H2,1-4H3,(H,32,33)/b12-10+. The number of benzene rings is 3. The predicted octanol–water partition coefficient (Wildman–Crippen LogP) is 6.44. The molecule has 7 nitrogen and oxygen atoms in total. The molecule has 0 aliphatic carbocycles. The maximum absolute atomic E-state index is 13.8. The largest absolute Gasteiger partial charge is 0.487 e. The number of nitrogens with zero attached hydrogens (tertiary/aromatic N) is 2. The van der Waals surface area contributed by atoms with Crippen molar-refractivity contribution in [3.05, 3.63) is 88.4 Å². The van der Waals surface area contributed by atoms with Gasteiger partial charge >= 0.3 is 5.97 Å². The van der Waals surface area contributed by atoms with E-state index in [9.17, 15) is 13.2 Å². The Balaban J connectivity index is 1.76. The average Bonchev–Trinajstić information content (AvgIpc) is 3.32. The molecule has 198 valence electrons. The van der Waals surface area contributed by atoms with Crippen molar-refractivity contribution in [2.75, 3.05) is 10.8 Å². The molecule has 0 bridgehead atoms. The van der Waals surface area contributed by atoms with E-state index in [1.165, 1.54) is 10.4 Å². The minimum atomic E-state index is -3.92. The van der Waals surface area contributed by atoms with Gasteiger partial charge < -0.3 is 9.84 Å². The van der Waals surface area contributed by atoms with E-state index in [4.69, 9.17) is 9.84 Å². The van der Waals surface area contributed by atoms with Gasteiger partial charge in [0, 0.05) is 23.7 Å². The number of carboxylic acids is 1. The van der Waals surface area contributed by atoms with Gasteiger partial charge in [-0.2, -0.15) is 8.42 Å². The number of carboxylic acid groups (broad SMARTS) is 1. The first-order valence-corrected chi connectivity index (χ1v) is 14.5. The van der Waals surface area contributed by atoms with Crippen molar-refractivity contribution in [1.29, 1.82) is 0 Å². The van der Waals surface area contributed by atoms with Gasteiger partial charge in [-0.05, 0) is 65.4 Å². The first-order valence-electron chi connectivity index (χ1n) is 12.2. The van der Waals surface area contributed by atoms with Crippen LogP contribution in [0.5, 0.6) is 5.75 Å². The summed E-state index contributed by atoms with van der Waals surface area (Å²) in [5, 5.41) is 12.5. The molecule has 1 N–H and O–H groups in total. The van der Waals surface area contributed by atoms with Crippen molar-refractivity contribution in [3.63, 3.8) is 0 Å². The zero-order valence-corrected chi connectivity index (χ0v) is 23.3.